The monoisotopic (exact) mass is 240 g/mol. The lowest BCUT2D eigenvalue weighted by atomic mass is 9.98. The lowest BCUT2D eigenvalue weighted by Gasteiger charge is -2.24. The van der Waals surface area contributed by atoms with Crippen LogP contribution in [0.2, 0.25) is 0 Å². The van der Waals surface area contributed by atoms with Crippen molar-refractivity contribution in [3.63, 3.8) is 0 Å². The molecular weight excluding hydrogens is 212 g/mol. The Balaban J connectivity index is 2.62. The minimum Gasteiger partial charge on any atom is -0.382 e. The van der Waals surface area contributed by atoms with Gasteiger partial charge in [-0.3, -0.25) is 5.01 Å². The van der Waals surface area contributed by atoms with E-state index in [2.05, 4.69) is 25.8 Å². The molecule has 1 heterocycles. The van der Waals surface area contributed by atoms with Gasteiger partial charge in [0.05, 0.1) is 12.6 Å². The first-order valence-corrected chi connectivity index (χ1v) is 7.05. The van der Waals surface area contributed by atoms with Crippen LogP contribution in [-0.4, -0.2) is 37.0 Å². The van der Waals surface area contributed by atoms with Crippen LogP contribution in [-0.2, 0) is 4.74 Å². The summed E-state index contributed by atoms with van der Waals surface area (Å²) in [6, 6.07) is 0.496. The normalized spacial score (nSPS) is 23.2. The van der Waals surface area contributed by atoms with Gasteiger partial charge in [0.1, 0.15) is 0 Å². The third kappa shape index (κ3) is 4.30. The lowest BCUT2D eigenvalue weighted by molar-refractivity contribution is 0.117. The van der Waals surface area contributed by atoms with Crippen molar-refractivity contribution in [1.82, 2.24) is 5.01 Å². The van der Waals surface area contributed by atoms with Gasteiger partial charge >= 0.3 is 0 Å². The number of hydrogen-bond donors (Lipinski definition) is 0. The molecule has 1 fully saturated rings. The van der Waals surface area contributed by atoms with Gasteiger partial charge in [0.2, 0.25) is 0 Å². The van der Waals surface area contributed by atoms with Crippen molar-refractivity contribution >= 4 is 5.71 Å². The van der Waals surface area contributed by atoms with Crippen molar-refractivity contribution in [2.75, 3.05) is 20.3 Å². The smallest absolute Gasteiger partial charge is 0.0704 e. The van der Waals surface area contributed by atoms with Gasteiger partial charge in [0.15, 0.2) is 0 Å². The molecule has 3 nitrogen and oxygen atoms in total. The molecule has 1 rings (SSSR count). The van der Waals surface area contributed by atoms with Crippen LogP contribution in [0.1, 0.15) is 52.9 Å². The maximum atomic E-state index is 5.27. The Morgan fingerprint density at radius 1 is 1.47 bits per heavy atom. The second kappa shape index (κ2) is 7.70. The number of rotatable bonds is 7. The van der Waals surface area contributed by atoms with Crippen LogP contribution in [0.4, 0.5) is 0 Å². The van der Waals surface area contributed by atoms with Crippen molar-refractivity contribution in [2.45, 2.75) is 58.9 Å². The Kier molecular flexibility index (Phi) is 6.56. The Morgan fingerprint density at radius 3 is 2.82 bits per heavy atom. The van der Waals surface area contributed by atoms with Crippen molar-refractivity contribution < 1.29 is 4.74 Å². The van der Waals surface area contributed by atoms with Gasteiger partial charge in [-0.25, -0.2) is 0 Å². The van der Waals surface area contributed by atoms with Gasteiger partial charge in [-0.2, -0.15) is 5.10 Å². The Bertz CT molecular complexity index is 240. The summed E-state index contributed by atoms with van der Waals surface area (Å²) in [5.74, 6) is 0.619. The van der Waals surface area contributed by atoms with E-state index in [-0.39, 0.29) is 0 Å². The van der Waals surface area contributed by atoms with E-state index in [1.165, 1.54) is 31.4 Å². The minimum atomic E-state index is 0.496. The van der Waals surface area contributed by atoms with E-state index in [4.69, 9.17) is 9.84 Å². The van der Waals surface area contributed by atoms with Gasteiger partial charge < -0.3 is 4.74 Å². The van der Waals surface area contributed by atoms with E-state index >= 15 is 0 Å². The summed E-state index contributed by atoms with van der Waals surface area (Å²) in [4.78, 5) is 0. The second-order valence-corrected chi connectivity index (χ2v) is 5.05. The molecule has 0 aromatic rings. The lowest BCUT2D eigenvalue weighted by Crippen LogP contribution is -2.30. The predicted octanol–water partition coefficient (Wildman–Crippen LogP) is 3.30. The first-order valence-electron chi connectivity index (χ1n) is 7.05. The summed E-state index contributed by atoms with van der Waals surface area (Å²) < 4.78 is 5.27. The zero-order valence-electron chi connectivity index (χ0n) is 11.9. The first-order chi connectivity index (χ1) is 8.22. The van der Waals surface area contributed by atoms with Gasteiger partial charge in [0, 0.05) is 19.4 Å². The van der Waals surface area contributed by atoms with Crippen molar-refractivity contribution in [2.24, 2.45) is 11.0 Å². The second-order valence-electron chi connectivity index (χ2n) is 5.05. The number of hydrogen-bond acceptors (Lipinski definition) is 3. The highest BCUT2D eigenvalue weighted by Gasteiger charge is 2.24. The zero-order valence-corrected chi connectivity index (χ0v) is 11.9. The quantitative estimate of drug-likeness (QED) is 0.638. The van der Waals surface area contributed by atoms with Gasteiger partial charge in [-0.15, -0.1) is 0 Å². The molecule has 0 aliphatic carbocycles. The molecule has 17 heavy (non-hydrogen) atoms. The number of methoxy groups -OCH3 is 1. The highest BCUT2D eigenvalue weighted by Crippen LogP contribution is 2.20. The average Bonchev–Trinajstić information content (AvgIpc) is 2.74. The molecule has 0 saturated carbocycles. The zero-order chi connectivity index (χ0) is 12.7. The molecule has 0 spiro atoms. The van der Waals surface area contributed by atoms with Crippen LogP contribution in [0.25, 0.3) is 0 Å². The molecule has 2 atom stereocenters. The van der Waals surface area contributed by atoms with E-state index in [1.54, 1.807) is 7.11 Å². The Labute approximate surface area is 106 Å². The summed E-state index contributed by atoms with van der Waals surface area (Å²) in [6.45, 7) is 8.66. The Hall–Kier alpha value is -0.570. The van der Waals surface area contributed by atoms with Crippen LogP contribution in [0, 0.1) is 5.92 Å². The largest absolute Gasteiger partial charge is 0.382 e. The van der Waals surface area contributed by atoms with E-state index in [9.17, 15) is 0 Å². The molecule has 0 aromatic carbocycles. The molecule has 1 aliphatic heterocycles. The summed E-state index contributed by atoms with van der Waals surface area (Å²) >= 11 is 0. The van der Waals surface area contributed by atoms with Crippen molar-refractivity contribution in [3.8, 4) is 0 Å². The van der Waals surface area contributed by atoms with Crippen LogP contribution >= 0.6 is 0 Å². The van der Waals surface area contributed by atoms with E-state index in [0.29, 0.717) is 12.0 Å². The third-order valence-electron chi connectivity index (χ3n) is 3.61. The summed E-state index contributed by atoms with van der Waals surface area (Å²) in [5.41, 5.74) is 1.36. The molecule has 0 unspecified atom stereocenters. The molecule has 0 aromatic heterocycles. The fourth-order valence-corrected chi connectivity index (χ4v) is 2.60. The third-order valence-corrected chi connectivity index (χ3v) is 3.61. The number of nitrogens with zero attached hydrogens (tertiary/aromatic N) is 2. The Morgan fingerprint density at radius 2 is 2.24 bits per heavy atom. The van der Waals surface area contributed by atoms with E-state index < -0.39 is 0 Å². The molecule has 0 N–H and O–H groups in total. The summed E-state index contributed by atoms with van der Waals surface area (Å²) in [5, 5.41) is 7.14. The summed E-state index contributed by atoms with van der Waals surface area (Å²) in [7, 11) is 1.78. The molecule has 1 aliphatic rings. The average molecular weight is 240 g/mol. The molecule has 0 bridgehead atoms. The first kappa shape index (κ1) is 14.5. The van der Waals surface area contributed by atoms with Crippen molar-refractivity contribution in [3.05, 3.63) is 0 Å². The maximum Gasteiger partial charge on any atom is 0.0704 e. The predicted molar refractivity (Wildman–Crippen MR) is 73.4 cm³/mol. The van der Waals surface area contributed by atoms with E-state index in [0.717, 1.165) is 19.6 Å². The molecular formula is C14H28N2O. The van der Waals surface area contributed by atoms with Crippen molar-refractivity contribution in [1.29, 1.82) is 0 Å². The summed E-state index contributed by atoms with van der Waals surface area (Å²) in [6.07, 6.45) is 6.02. The SMILES string of the molecule is CCC[C@@H](C)/C(CC)=N/N1CCC[C@H]1COC. The highest BCUT2D eigenvalue weighted by molar-refractivity contribution is 5.86. The maximum absolute atomic E-state index is 5.27. The van der Waals surface area contributed by atoms with Crippen LogP contribution in [0.5, 0.6) is 0 Å². The fraction of sp³-hybridized carbons (Fsp3) is 0.929. The van der Waals surface area contributed by atoms with Gasteiger partial charge in [0.25, 0.3) is 0 Å². The highest BCUT2D eigenvalue weighted by atomic mass is 16.5. The number of hydrazone groups is 1. The van der Waals surface area contributed by atoms with E-state index in [1.807, 2.05) is 0 Å². The molecule has 3 heteroatoms. The molecule has 100 valence electrons. The van der Waals surface area contributed by atoms with Gasteiger partial charge in [-0.05, 0) is 31.6 Å². The minimum absolute atomic E-state index is 0.496. The van der Waals surface area contributed by atoms with Crippen LogP contribution in [0.3, 0.4) is 0 Å². The van der Waals surface area contributed by atoms with Crippen LogP contribution < -0.4 is 0 Å². The fourth-order valence-electron chi connectivity index (χ4n) is 2.60. The molecule has 1 saturated heterocycles. The molecule has 0 amide bonds. The molecule has 0 radical (unpaired) electrons. The van der Waals surface area contributed by atoms with Crippen LogP contribution in [0.15, 0.2) is 5.10 Å². The standard InChI is InChI=1S/C14H28N2O/c1-5-8-12(3)14(6-2)15-16-10-7-9-13(16)11-17-4/h12-13H,5-11H2,1-4H3/b15-14+/t12-,13+/m1/s1. The van der Waals surface area contributed by atoms with Gasteiger partial charge in [-0.1, -0.05) is 27.2 Å². The number of ether oxygens (including phenoxy) is 1. The topological polar surface area (TPSA) is 24.8 Å².